The standard InChI is InChI=1S/C15H12N4OS.C3HNS/c20-15(17-12-6-2-1-3-7-12)19-13-10-21-14(18-13)11-5-4-8-16-9-11;1-2-3(4-2)5-1/h1-10H,(H2,17,19,20);1H. The van der Waals surface area contributed by atoms with Gasteiger partial charge in [0.15, 0.2) is 0 Å². The van der Waals surface area contributed by atoms with Crippen molar-refractivity contribution in [3.8, 4) is 21.3 Å². The molecule has 3 aromatic rings. The molecule has 0 spiro atoms. The van der Waals surface area contributed by atoms with Crippen LogP contribution in [-0.2, 0) is 0 Å². The minimum atomic E-state index is -0.316. The first-order valence-corrected chi connectivity index (χ1v) is 9.49. The molecule has 2 aliphatic heterocycles. The molecule has 0 atom stereocenters. The Morgan fingerprint density at radius 2 is 1.69 bits per heavy atom. The highest BCUT2D eigenvalue weighted by molar-refractivity contribution is 7.17. The lowest BCUT2D eigenvalue weighted by molar-refractivity contribution is 0.262. The first kappa shape index (κ1) is 16.4. The maximum atomic E-state index is 11.9. The van der Waals surface area contributed by atoms with Gasteiger partial charge >= 0.3 is 6.03 Å². The molecule has 0 fully saturated rings. The normalized spacial score (nSPS) is 10.5. The second-order valence-electron chi connectivity index (χ2n) is 5.26. The number of para-hydroxylation sites is 1. The molecule has 0 saturated carbocycles. The van der Waals surface area contributed by atoms with Crippen LogP contribution in [0.1, 0.15) is 0 Å². The van der Waals surface area contributed by atoms with E-state index in [0.29, 0.717) is 5.82 Å². The lowest BCUT2D eigenvalue weighted by Gasteiger charge is -2.04. The number of aromatic nitrogens is 3. The molecule has 2 N–H and O–H groups in total. The minimum absolute atomic E-state index is 0.316. The number of fused-ring (bicyclic) bond motifs is 1. The van der Waals surface area contributed by atoms with Crippen molar-refractivity contribution in [2.75, 3.05) is 10.6 Å². The summed E-state index contributed by atoms with van der Waals surface area (Å²) in [5.41, 5.74) is 2.90. The number of pyridine rings is 1. The number of rotatable bonds is 3. The van der Waals surface area contributed by atoms with Gasteiger partial charge < -0.3 is 5.32 Å². The van der Waals surface area contributed by atoms with Crippen LogP contribution in [0.15, 0.2) is 65.6 Å². The summed E-state index contributed by atoms with van der Waals surface area (Å²) in [6.45, 7) is 0. The number of anilines is 2. The lowest BCUT2D eigenvalue weighted by Crippen LogP contribution is -2.19. The lowest BCUT2D eigenvalue weighted by atomic mass is 10.3. The van der Waals surface area contributed by atoms with Gasteiger partial charge in [-0.25, -0.2) is 14.8 Å². The van der Waals surface area contributed by atoms with Crippen molar-refractivity contribution in [1.29, 1.82) is 0 Å². The summed E-state index contributed by atoms with van der Waals surface area (Å²) in [5.74, 6) is 0.521. The van der Waals surface area contributed by atoms with Gasteiger partial charge in [-0.15, -0.1) is 22.7 Å². The van der Waals surface area contributed by atoms with E-state index in [1.807, 2.05) is 42.5 Å². The zero-order valence-corrected chi connectivity index (χ0v) is 15.1. The Hall–Kier alpha value is -3.10. The smallest absolute Gasteiger partial charge is 0.308 e. The summed E-state index contributed by atoms with van der Waals surface area (Å²) >= 11 is 3.18. The van der Waals surface area contributed by atoms with Crippen LogP contribution in [0.4, 0.5) is 16.3 Å². The highest BCUT2D eigenvalue weighted by Crippen LogP contribution is 2.36. The summed E-state index contributed by atoms with van der Waals surface area (Å²) in [6.07, 6.45) is 3.45. The number of hydrogen-bond donors (Lipinski definition) is 2. The van der Waals surface area contributed by atoms with E-state index in [1.54, 1.807) is 29.1 Å². The molecule has 0 aliphatic carbocycles. The average molecular weight is 379 g/mol. The van der Waals surface area contributed by atoms with E-state index >= 15 is 0 Å². The van der Waals surface area contributed by atoms with E-state index in [9.17, 15) is 4.79 Å². The van der Waals surface area contributed by atoms with Crippen LogP contribution in [0.3, 0.4) is 0 Å². The fourth-order valence-electron chi connectivity index (χ4n) is 2.05. The molecular formula is C18H13N5OS2. The van der Waals surface area contributed by atoms with Gasteiger partial charge in [-0.05, 0) is 24.3 Å². The second-order valence-corrected chi connectivity index (χ2v) is 6.98. The predicted octanol–water partition coefficient (Wildman–Crippen LogP) is 4.97. The Kier molecular flexibility index (Phi) is 4.67. The first-order valence-electron chi connectivity index (χ1n) is 7.73. The molecule has 2 aliphatic rings. The number of benzene rings is 1. The molecule has 0 bridgehead atoms. The van der Waals surface area contributed by atoms with E-state index in [1.165, 1.54) is 22.0 Å². The van der Waals surface area contributed by atoms with Gasteiger partial charge in [0.25, 0.3) is 0 Å². The Morgan fingerprint density at radius 3 is 2.31 bits per heavy atom. The van der Waals surface area contributed by atoms with E-state index < -0.39 is 0 Å². The Labute approximate surface area is 157 Å². The van der Waals surface area contributed by atoms with Gasteiger partial charge in [-0.2, -0.15) is 0 Å². The number of carbonyl (C=O) groups is 1. The second kappa shape index (κ2) is 7.42. The zero-order chi connectivity index (χ0) is 17.8. The number of nitrogens with zero attached hydrogens (tertiary/aromatic N) is 3. The van der Waals surface area contributed by atoms with E-state index in [2.05, 4.69) is 31.0 Å². The predicted molar refractivity (Wildman–Crippen MR) is 106 cm³/mol. The average Bonchev–Trinajstić information content (AvgIpc) is 3.04. The molecule has 0 saturated heterocycles. The highest BCUT2D eigenvalue weighted by Gasteiger charge is 2.16. The fraction of sp³-hybridized carbons (Fsp3) is 0. The SMILES string of the molecule is O=C(Nc1ccccc1)Nc1csc(-c2cccnc2)n1.c1sc2nc1-2. The summed E-state index contributed by atoms with van der Waals surface area (Å²) in [5, 5.41) is 11.4. The van der Waals surface area contributed by atoms with Gasteiger partial charge in [0.2, 0.25) is 0 Å². The van der Waals surface area contributed by atoms with Crippen molar-refractivity contribution in [3.05, 3.63) is 65.6 Å². The summed E-state index contributed by atoms with van der Waals surface area (Å²) in [6, 6.07) is 12.7. The number of thiazole rings is 2. The molecule has 0 radical (unpaired) electrons. The maximum absolute atomic E-state index is 11.9. The van der Waals surface area contributed by atoms with Crippen molar-refractivity contribution in [3.63, 3.8) is 0 Å². The van der Waals surface area contributed by atoms with Crippen molar-refractivity contribution >= 4 is 40.2 Å². The maximum Gasteiger partial charge on any atom is 0.324 e. The van der Waals surface area contributed by atoms with Crippen LogP contribution in [0.2, 0.25) is 0 Å². The molecular weight excluding hydrogens is 366 g/mol. The van der Waals surface area contributed by atoms with Gasteiger partial charge in [-0.1, -0.05) is 18.2 Å². The van der Waals surface area contributed by atoms with Crippen LogP contribution in [0.5, 0.6) is 0 Å². The molecule has 26 heavy (non-hydrogen) atoms. The summed E-state index contributed by atoms with van der Waals surface area (Å²) < 4.78 is 0. The van der Waals surface area contributed by atoms with Crippen LogP contribution in [0.25, 0.3) is 21.3 Å². The van der Waals surface area contributed by atoms with Crippen molar-refractivity contribution < 1.29 is 4.79 Å². The summed E-state index contributed by atoms with van der Waals surface area (Å²) in [4.78, 5) is 24.2. The van der Waals surface area contributed by atoms with Gasteiger partial charge in [-0.3, -0.25) is 10.3 Å². The Morgan fingerprint density at radius 1 is 0.885 bits per heavy atom. The minimum Gasteiger partial charge on any atom is -0.308 e. The molecule has 1 aromatic carbocycles. The number of urea groups is 1. The third-order valence-corrected chi connectivity index (χ3v) is 5.12. The van der Waals surface area contributed by atoms with Gasteiger partial charge in [0, 0.05) is 34.4 Å². The quantitative estimate of drug-likeness (QED) is 0.464. The molecule has 2 aromatic heterocycles. The fourth-order valence-corrected chi connectivity index (χ4v) is 3.33. The van der Waals surface area contributed by atoms with Crippen LogP contribution in [-0.4, -0.2) is 21.0 Å². The van der Waals surface area contributed by atoms with Crippen LogP contribution in [0, 0.1) is 0 Å². The largest absolute Gasteiger partial charge is 0.324 e. The first-order chi connectivity index (χ1) is 12.8. The van der Waals surface area contributed by atoms with Crippen LogP contribution < -0.4 is 10.6 Å². The topological polar surface area (TPSA) is 79.8 Å². The zero-order valence-electron chi connectivity index (χ0n) is 13.4. The molecule has 0 unspecified atom stereocenters. The Bertz CT molecular complexity index is 990. The van der Waals surface area contributed by atoms with E-state index in [0.717, 1.165) is 16.3 Å². The highest BCUT2D eigenvalue weighted by atomic mass is 32.1. The van der Waals surface area contributed by atoms with Crippen LogP contribution >= 0.6 is 22.7 Å². The van der Waals surface area contributed by atoms with Crippen molar-refractivity contribution in [2.24, 2.45) is 0 Å². The molecule has 2 amide bonds. The molecule has 8 heteroatoms. The third kappa shape index (κ3) is 4.11. The number of hydrogen-bond acceptors (Lipinski definition) is 6. The molecule has 4 heterocycles. The van der Waals surface area contributed by atoms with E-state index in [4.69, 9.17) is 0 Å². The van der Waals surface area contributed by atoms with Gasteiger partial charge in [0.05, 0.1) is 0 Å². The number of nitrogens with one attached hydrogen (secondary N) is 2. The molecule has 5 rings (SSSR count). The van der Waals surface area contributed by atoms with Gasteiger partial charge in [0.1, 0.15) is 21.5 Å². The molecule has 128 valence electrons. The summed E-state index contributed by atoms with van der Waals surface area (Å²) in [7, 11) is 0. The number of carbonyl (C=O) groups excluding carboxylic acids is 1. The Balaban J connectivity index is 0.000000283. The molecule has 6 nitrogen and oxygen atoms in total. The van der Waals surface area contributed by atoms with Crippen molar-refractivity contribution in [2.45, 2.75) is 0 Å². The third-order valence-electron chi connectivity index (χ3n) is 3.36. The monoisotopic (exact) mass is 379 g/mol. The van der Waals surface area contributed by atoms with Crippen molar-refractivity contribution in [1.82, 2.24) is 15.0 Å². The van der Waals surface area contributed by atoms with E-state index in [-0.39, 0.29) is 6.03 Å². The number of amides is 2.